The lowest BCUT2D eigenvalue weighted by molar-refractivity contribution is 0.767. The Balaban J connectivity index is 2.48. The van der Waals surface area contributed by atoms with Gasteiger partial charge in [-0.15, -0.1) is 0 Å². The van der Waals surface area contributed by atoms with Crippen LogP contribution in [0.15, 0.2) is 24.3 Å². The van der Waals surface area contributed by atoms with Crippen LogP contribution in [-0.2, 0) is 0 Å². The second-order valence-electron chi connectivity index (χ2n) is 3.03. The molecule has 12 heavy (non-hydrogen) atoms. The van der Waals surface area contributed by atoms with Crippen molar-refractivity contribution >= 4 is 5.69 Å². The quantitative estimate of drug-likeness (QED) is 0.658. The maximum atomic E-state index is 3.02. The van der Waals surface area contributed by atoms with Gasteiger partial charge in [0.1, 0.15) is 0 Å². The van der Waals surface area contributed by atoms with Crippen molar-refractivity contribution in [3.8, 4) is 0 Å². The van der Waals surface area contributed by atoms with Crippen molar-refractivity contribution in [1.82, 2.24) is 0 Å². The monoisotopic (exact) mass is 162 g/mol. The molecule has 0 saturated carbocycles. The molecule has 0 aliphatic rings. The van der Waals surface area contributed by atoms with Crippen LogP contribution < -0.4 is 4.90 Å². The minimum atomic E-state index is 1.14. The highest BCUT2D eigenvalue weighted by Crippen LogP contribution is 2.10. The molecule has 0 aliphatic carbocycles. The zero-order valence-corrected chi connectivity index (χ0v) is 7.88. The first kappa shape index (κ1) is 9.11. The molecule has 65 valence electrons. The van der Waals surface area contributed by atoms with Crippen LogP contribution in [0.4, 0.5) is 5.69 Å². The van der Waals surface area contributed by atoms with E-state index in [4.69, 9.17) is 0 Å². The van der Waals surface area contributed by atoms with Crippen LogP contribution in [-0.4, -0.2) is 13.6 Å². The van der Waals surface area contributed by atoms with Gasteiger partial charge in [-0.25, -0.2) is 0 Å². The number of hydrogen-bond acceptors (Lipinski definition) is 1. The zero-order valence-electron chi connectivity index (χ0n) is 7.88. The van der Waals surface area contributed by atoms with E-state index in [0.717, 1.165) is 6.54 Å². The van der Waals surface area contributed by atoms with Gasteiger partial charge in [0.25, 0.3) is 0 Å². The van der Waals surface area contributed by atoms with Gasteiger partial charge in [0.15, 0.2) is 0 Å². The fourth-order valence-electron chi connectivity index (χ4n) is 1.16. The molecular weight excluding hydrogens is 146 g/mol. The normalized spacial score (nSPS) is 9.83. The van der Waals surface area contributed by atoms with Crippen LogP contribution in [0.1, 0.15) is 19.8 Å². The molecule has 1 nitrogen and oxygen atoms in total. The molecule has 1 rings (SSSR count). The van der Waals surface area contributed by atoms with Crippen LogP contribution in [0.25, 0.3) is 0 Å². The molecule has 0 unspecified atom stereocenters. The molecule has 1 aromatic rings. The van der Waals surface area contributed by atoms with Crippen LogP contribution in [0.5, 0.6) is 0 Å². The lowest BCUT2D eigenvalue weighted by Crippen LogP contribution is -2.17. The summed E-state index contributed by atoms with van der Waals surface area (Å²) in [7, 11) is 2.13. The van der Waals surface area contributed by atoms with Gasteiger partial charge >= 0.3 is 0 Å². The summed E-state index contributed by atoms with van der Waals surface area (Å²) in [6, 6.07) is 11.1. The Hall–Kier alpha value is -0.980. The van der Waals surface area contributed by atoms with Crippen LogP contribution in [0, 0.1) is 6.07 Å². The number of anilines is 1. The summed E-state index contributed by atoms with van der Waals surface area (Å²) in [6.07, 6.45) is 2.51. The van der Waals surface area contributed by atoms with E-state index in [1.807, 2.05) is 12.1 Å². The molecule has 1 heteroatoms. The Labute approximate surface area is 75.0 Å². The predicted octanol–water partition coefficient (Wildman–Crippen LogP) is 2.72. The maximum Gasteiger partial charge on any atom is 0.0364 e. The third-order valence-corrected chi connectivity index (χ3v) is 1.99. The lowest BCUT2D eigenvalue weighted by Gasteiger charge is -2.18. The number of nitrogens with zero attached hydrogens (tertiary/aromatic N) is 1. The van der Waals surface area contributed by atoms with Gasteiger partial charge < -0.3 is 4.90 Å². The van der Waals surface area contributed by atoms with Gasteiger partial charge in [0.05, 0.1) is 0 Å². The van der Waals surface area contributed by atoms with Gasteiger partial charge in [-0.2, -0.15) is 0 Å². The van der Waals surface area contributed by atoms with Crippen molar-refractivity contribution in [3.63, 3.8) is 0 Å². The summed E-state index contributed by atoms with van der Waals surface area (Å²) in [5.74, 6) is 0. The molecule has 0 amide bonds. The molecule has 0 heterocycles. The van der Waals surface area contributed by atoms with E-state index in [0.29, 0.717) is 0 Å². The van der Waals surface area contributed by atoms with Gasteiger partial charge in [-0.1, -0.05) is 25.5 Å². The van der Waals surface area contributed by atoms with Crippen molar-refractivity contribution in [3.05, 3.63) is 30.3 Å². The highest BCUT2D eigenvalue weighted by atomic mass is 15.1. The summed E-state index contributed by atoms with van der Waals surface area (Å²) in [6.45, 7) is 3.35. The van der Waals surface area contributed by atoms with E-state index in [1.165, 1.54) is 18.5 Å². The topological polar surface area (TPSA) is 3.24 Å². The summed E-state index contributed by atoms with van der Waals surface area (Å²) in [5, 5.41) is 0. The number of benzene rings is 1. The maximum absolute atomic E-state index is 3.02. The van der Waals surface area contributed by atoms with Crippen molar-refractivity contribution in [2.24, 2.45) is 0 Å². The van der Waals surface area contributed by atoms with Crippen molar-refractivity contribution in [1.29, 1.82) is 0 Å². The van der Waals surface area contributed by atoms with Gasteiger partial charge in [0, 0.05) is 19.3 Å². The Morgan fingerprint density at radius 1 is 1.33 bits per heavy atom. The summed E-state index contributed by atoms with van der Waals surface area (Å²) < 4.78 is 0. The smallest absolute Gasteiger partial charge is 0.0364 e. The average molecular weight is 162 g/mol. The Morgan fingerprint density at radius 3 is 2.58 bits per heavy atom. The highest BCUT2D eigenvalue weighted by Gasteiger charge is 1.96. The minimum Gasteiger partial charge on any atom is -0.375 e. The fraction of sp³-hybridized carbons (Fsp3) is 0.455. The highest BCUT2D eigenvalue weighted by molar-refractivity contribution is 5.44. The molecule has 0 atom stereocenters. The third-order valence-electron chi connectivity index (χ3n) is 1.99. The SMILES string of the molecule is CCCCN(C)c1cc[c]cc1. The Kier molecular flexibility index (Phi) is 3.65. The molecule has 0 aliphatic heterocycles. The molecule has 1 radical (unpaired) electrons. The molecule has 0 saturated heterocycles. The number of unbranched alkanes of at least 4 members (excludes halogenated alkanes) is 1. The molecule has 0 aromatic heterocycles. The molecule has 0 N–H and O–H groups in total. The van der Waals surface area contributed by atoms with Crippen LogP contribution >= 0.6 is 0 Å². The molecule has 0 spiro atoms. The largest absolute Gasteiger partial charge is 0.375 e. The molecular formula is C11H16N. The van der Waals surface area contributed by atoms with Gasteiger partial charge in [0.2, 0.25) is 0 Å². The van der Waals surface area contributed by atoms with Crippen LogP contribution in [0.2, 0.25) is 0 Å². The molecule has 0 bridgehead atoms. The second kappa shape index (κ2) is 4.81. The Morgan fingerprint density at radius 2 is 2.00 bits per heavy atom. The summed E-state index contributed by atoms with van der Waals surface area (Å²) >= 11 is 0. The number of hydrogen-bond donors (Lipinski definition) is 0. The van der Waals surface area contributed by atoms with E-state index in [9.17, 15) is 0 Å². The minimum absolute atomic E-state index is 1.14. The average Bonchev–Trinajstić information content (AvgIpc) is 2.15. The fourth-order valence-corrected chi connectivity index (χ4v) is 1.16. The standard InChI is InChI=1S/C11H16N/c1-3-4-10-12(2)11-8-6-5-7-9-11/h6-9H,3-4,10H2,1-2H3. The first-order valence-corrected chi connectivity index (χ1v) is 4.52. The van der Waals surface area contributed by atoms with E-state index < -0.39 is 0 Å². The van der Waals surface area contributed by atoms with Crippen molar-refractivity contribution in [2.75, 3.05) is 18.5 Å². The summed E-state index contributed by atoms with van der Waals surface area (Å²) in [5.41, 5.74) is 1.28. The van der Waals surface area contributed by atoms with E-state index in [1.54, 1.807) is 0 Å². The first-order valence-electron chi connectivity index (χ1n) is 4.52. The molecule has 1 aromatic carbocycles. The molecule has 0 fully saturated rings. The van der Waals surface area contributed by atoms with Crippen molar-refractivity contribution < 1.29 is 0 Å². The van der Waals surface area contributed by atoms with Crippen molar-refractivity contribution in [2.45, 2.75) is 19.8 Å². The summed E-state index contributed by atoms with van der Waals surface area (Å²) in [4.78, 5) is 2.28. The second-order valence-corrected chi connectivity index (χ2v) is 3.03. The first-order chi connectivity index (χ1) is 5.84. The third kappa shape index (κ3) is 2.57. The van der Waals surface area contributed by atoms with Crippen LogP contribution in [0.3, 0.4) is 0 Å². The van der Waals surface area contributed by atoms with Gasteiger partial charge in [-0.05, 0) is 24.6 Å². The number of rotatable bonds is 4. The van der Waals surface area contributed by atoms with E-state index in [-0.39, 0.29) is 0 Å². The van der Waals surface area contributed by atoms with E-state index in [2.05, 4.69) is 37.1 Å². The van der Waals surface area contributed by atoms with E-state index >= 15 is 0 Å². The Bertz CT molecular complexity index is 206. The predicted molar refractivity (Wildman–Crippen MR) is 53.5 cm³/mol. The zero-order chi connectivity index (χ0) is 8.81. The lowest BCUT2D eigenvalue weighted by atomic mass is 10.2. The van der Waals surface area contributed by atoms with Gasteiger partial charge in [-0.3, -0.25) is 0 Å².